The number of carboxylic acid groups (broad SMARTS) is 2. The van der Waals surface area contributed by atoms with Crippen molar-refractivity contribution < 1.29 is 19.8 Å². The maximum atomic E-state index is 12.1. The Hall–Kier alpha value is -3.36. The minimum Gasteiger partial charge on any atom is -0.480 e. The fraction of sp³-hybridized carbons (Fsp3) is 0.0833. The van der Waals surface area contributed by atoms with Crippen molar-refractivity contribution in [1.29, 1.82) is 0 Å². The molecule has 0 spiro atoms. The zero-order valence-electron chi connectivity index (χ0n) is 16.7. The van der Waals surface area contributed by atoms with Gasteiger partial charge in [0.25, 0.3) is 0 Å². The van der Waals surface area contributed by atoms with Crippen LogP contribution in [-0.4, -0.2) is 32.1 Å². The molecule has 0 radical (unpaired) electrons. The summed E-state index contributed by atoms with van der Waals surface area (Å²) in [6.07, 6.45) is 0. The molecule has 160 valence electrons. The van der Waals surface area contributed by atoms with Crippen molar-refractivity contribution >= 4 is 46.5 Å². The van der Waals surface area contributed by atoms with Gasteiger partial charge in [-0.3, -0.25) is 9.59 Å². The van der Waals surface area contributed by atoms with Gasteiger partial charge in [-0.1, -0.05) is 96.3 Å². The monoisotopic (exact) mass is 462 g/mol. The summed E-state index contributed by atoms with van der Waals surface area (Å²) in [6, 6.07) is 25.0. The maximum Gasteiger partial charge on any atom is 0.321 e. The number of hydrogen-bond acceptors (Lipinski definition) is 6. The molecular formula is C24H18N2O4S2. The number of benzene rings is 3. The van der Waals surface area contributed by atoms with Crippen molar-refractivity contribution in [2.45, 2.75) is 20.6 Å². The average molecular weight is 463 g/mol. The van der Waals surface area contributed by atoms with Crippen LogP contribution in [0.15, 0.2) is 95.0 Å². The van der Waals surface area contributed by atoms with Crippen LogP contribution in [0, 0.1) is 0 Å². The van der Waals surface area contributed by atoms with Gasteiger partial charge in [0.1, 0.15) is 20.6 Å². The number of carboxylic acids is 2. The van der Waals surface area contributed by atoms with Gasteiger partial charge in [-0.25, -0.2) is 9.97 Å². The standard InChI is InChI=1S/C24H18N2O4S2/c27-23(28)19(15-9-3-1-4-10-15)31-21-22(26-18-14-8-7-13-17(18)25-21)32-20(24(29)30)16-11-5-2-6-12-16/h1-14,19-20H,(H,27,28)(H,29,30). The van der Waals surface area contributed by atoms with Crippen LogP contribution >= 0.6 is 23.5 Å². The first-order valence-corrected chi connectivity index (χ1v) is 11.4. The Balaban J connectivity index is 1.78. The van der Waals surface area contributed by atoms with Gasteiger partial charge >= 0.3 is 11.9 Å². The van der Waals surface area contributed by atoms with Crippen molar-refractivity contribution in [2.24, 2.45) is 0 Å². The van der Waals surface area contributed by atoms with E-state index >= 15 is 0 Å². The number of rotatable bonds is 8. The van der Waals surface area contributed by atoms with Gasteiger partial charge in [0.2, 0.25) is 0 Å². The molecular weight excluding hydrogens is 444 g/mol. The first kappa shape index (κ1) is 21.9. The van der Waals surface area contributed by atoms with Gasteiger partial charge < -0.3 is 10.2 Å². The highest BCUT2D eigenvalue weighted by Gasteiger charge is 2.28. The normalized spacial score (nSPS) is 12.9. The van der Waals surface area contributed by atoms with E-state index in [-0.39, 0.29) is 0 Å². The van der Waals surface area contributed by atoms with Crippen LogP contribution in [0.4, 0.5) is 0 Å². The molecule has 4 rings (SSSR count). The number of fused-ring (bicyclic) bond motifs is 1. The van der Waals surface area contributed by atoms with E-state index < -0.39 is 22.4 Å². The van der Waals surface area contributed by atoms with Crippen LogP contribution in [-0.2, 0) is 9.59 Å². The highest BCUT2D eigenvalue weighted by Crippen LogP contribution is 2.43. The molecule has 1 aromatic heterocycles. The third-order valence-electron chi connectivity index (χ3n) is 4.62. The first-order valence-electron chi connectivity index (χ1n) is 9.68. The molecule has 0 aliphatic heterocycles. The first-order chi connectivity index (χ1) is 15.5. The number of para-hydroxylation sites is 2. The molecule has 2 N–H and O–H groups in total. The molecule has 2 atom stereocenters. The SMILES string of the molecule is O=C(O)C(Sc1nc2ccccc2nc1SC(C(=O)O)c1ccccc1)c1ccccc1. The van der Waals surface area contributed by atoms with Crippen LogP contribution in [0.5, 0.6) is 0 Å². The second-order valence-electron chi connectivity index (χ2n) is 6.82. The maximum absolute atomic E-state index is 12.1. The lowest BCUT2D eigenvalue weighted by atomic mass is 10.1. The van der Waals surface area contributed by atoms with Crippen LogP contribution in [0.1, 0.15) is 21.6 Å². The Kier molecular flexibility index (Phi) is 6.72. The van der Waals surface area contributed by atoms with Crippen molar-refractivity contribution in [2.75, 3.05) is 0 Å². The zero-order valence-corrected chi connectivity index (χ0v) is 18.3. The van der Waals surface area contributed by atoms with E-state index in [1.165, 1.54) is 0 Å². The molecule has 0 saturated heterocycles. The summed E-state index contributed by atoms with van der Waals surface area (Å²) in [7, 11) is 0. The second-order valence-corrected chi connectivity index (χ2v) is 9.00. The summed E-state index contributed by atoms with van der Waals surface area (Å²) in [5.41, 5.74) is 2.47. The molecule has 6 nitrogen and oxygen atoms in total. The molecule has 4 aromatic rings. The fourth-order valence-corrected chi connectivity index (χ4v) is 5.24. The number of carbonyl (C=O) groups is 2. The number of thioether (sulfide) groups is 2. The molecule has 3 aromatic carbocycles. The van der Waals surface area contributed by atoms with Gasteiger partial charge in [-0.15, -0.1) is 0 Å². The summed E-state index contributed by atoms with van der Waals surface area (Å²) in [6.45, 7) is 0. The lowest BCUT2D eigenvalue weighted by Crippen LogP contribution is -2.10. The molecule has 0 aliphatic rings. The van der Waals surface area contributed by atoms with E-state index in [9.17, 15) is 19.8 Å². The van der Waals surface area contributed by atoms with Crippen molar-refractivity contribution in [3.63, 3.8) is 0 Å². The van der Waals surface area contributed by atoms with Crippen molar-refractivity contribution in [3.05, 3.63) is 96.1 Å². The predicted molar refractivity (Wildman–Crippen MR) is 125 cm³/mol. The van der Waals surface area contributed by atoms with Crippen molar-refractivity contribution in [3.8, 4) is 0 Å². The second kappa shape index (κ2) is 9.84. The Morgan fingerprint density at radius 2 is 0.938 bits per heavy atom. The van der Waals surface area contributed by atoms with Gasteiger partial charge in [-0.2, -0.15) is 0 Å². The highest BCUT2D eigenvalue weighted by atomic mass is 32.2. The number of aliphatic carboxylic acids is 2. The Morgan fingerprint density at radius 3 is 1.28 bits per heavy atom. The van der Waals surface area contributed by atoms with E-state index in [2.05, 4.69) is 9.97 Å². The van der Waals surface area contributed by atoms with Gasteiger partial charge in [0.15, 0.2) is 0 Å². The summed E-state index contributed by atoms with van der Waals surface area (Å²) >= 11 is 2.11. The van der Waals surface area contributed by atoms with E-state index in [1.807, 2.05) is 24.3 Å². The van der Waals surface area contributed by atoms with E-state index in [0.29, 0.717) is 32.2 Å². The van der Waals surface area contributed by atoms with Crippen LogP contribution in [0.25, 0.3) is 11.0 Å². The third-order valence-corrected chi connectivity index (χ3v) is 7.18. The van der Waals surface area contributed by atoms with Gasteiger partial charge in [0, 0.05) is 0 Å². The number of nitrogens with zero attached hydrogens (tertiary/aromatic N) is 2. The molecule has 0 fully saturated rings. The van der Waals surface area contributed by atoms with Crippen LogP contribution < -0.4 is 0 Å². The minimum absolute atomic E-state index is 0.382. The topological polar surface area (TPSA) is 100 Å². The lowest BCUT2D eigenvalue weighted by molar-refractivity contribution is -0.137. The van der Waals surface area contributed by atoms with E-state index in [0.717, 1.165) is 23.5 Å². The van der Waals surface area contributed by atoms with Gasteiger partial charge in [-0.05, 0) is 23.3 Å². The summed E-state index contributed by atoms with van der Waals surface area (Å²) < 4.78 is 0. The number of aromatic nitrogens is 2. The Morgan fingerprint density at radius 1 is 0.594 bits per heavy atom. The lowest BCUT2D eigenvalue weighted by Gasteiger charge is -2.17. The highest BCUT2D eigenvalue weighted by molar-refractivity contribution is 8.03. The third kappa shape index (κ3) is 4.92. The van der Waals surface area contributed by atoms with Gasteiger partial charge in [0.05, 0.1) is 11.0 Å². The molecule has 0 bridgehead atoms. The zero-order chi connectivity index (χ0) is 22.5. The summed E-state index contributed by atoms with van der Waals surface area (Å²) in [4.78, 5) is 33.4. The molecule has 1 heterocycles. The van der Waals surface area contributed by atoms with Crippen LogP contribution in [0.2, 0.25) is 0 Å². The molecule has 0 amide bonds. The Labute approximate surface area is 192 Å². The van der Waals surface area contributed by atoms with E-state index in [1.54, 1.807) is 60.7 Å². The smallest absolute Gasteiger partial charge is 0.321 e. The summed E-state index contributed by atoms with van der Waals surface area (Å²) in [5, 5.41) is 18.7. The minimum atomic E-state index is -1.01. The average Bonchev–Trinajstić information content (AvgIpc) is 2.81. The van der Waals surface area contributed by atoms with Crippen molar-refractivity contribution in [1.82, 2.24) is 9.97 Å². The Bertz CT molecular complexity index is 1150. The van der Waals surface area contributed by atoms with E-state index in [4.69, 9.17) is 0 Å². The number of hydrogen-bond donors (Lipinski definition) is 2. The molecule has 0 aliphatic carbocycles. The molecule has 8 heteroatoms. The predicted octanol–water partition coefficient (Wildman–Crippen LogP) is 5.47. The van der Waals surface area contributed by atoms with Crippen LogP contribution in [0.3, 0.4) is 0 Å². The quantitative estimate of drug-likeness (QED) is 0.333. The summed E-state index contributed by atoms with van der Waals surface area (Å²) in [5.74, 6) is -2.02. The largest absolute Gasteiger partial charge is 0.480 e. The fourth-order valence-electron chi connectivity index (χ4n) is 3.12. The molecule has 0 saturated carbocycles. The molecule has 2 unspecified atom stereocenters. The molecule has 32 heavy (non-hydrogen) atoms.